The molecule has 1 aromatic rings. The van der Waals surface area contributed by atoms with Crippen LogP contribution in [0.5, 0.6) is 0 Å². The van der Waals surface area contributed by atoms with Crippen LogP contribution in [-0.4, -0.2) is 30.9 Å². The van der Waals surface area contributed by atoms with Crippen molar-refractivity contribution in [3.63, 3.8) is 0 Å². The maximum absolute atomic E-state index is 11.7. The van der Waals surface area contributed by atoms with Crippen molar-refractivity contribution in [2.45, 2.75) is 13.5 Å². The van der Waals surface area contributed by atoms with Crippen LogP contribution in [0.15, 0.2) is 24.3 Å². The van der Waals surface area contributed by atoms with Gasteiger partial charge < -0.3 is 10.2 Å². The van der Waals surface area contributed by atoms with Crippen molar-refractivity contribution in [2.75, 3.05) is 20.1 Å². The Morgan fingerprint density at radius 2 is 2.00 bits per heavy atom. The number of benzene rings is 1. The van der Waals surface area contributed by atoms with Gasteiger partial charge in [-0.3, -0.25) is 4.79 Å². The number of carbonyl (C=O) groups excluding carboxylic acids is 1. The lowest BCUT2D eigenvalue weighted by molar-refractivity contribution is -0.130. The largest absolute Gasteiger partial charge is 0.338 e. The van der Waals surface area contributed by atoms with Gasteiger partial charge in [-0.1, -0.05) is 23.7 Å². The van der Waals surface area contributed by atoms with Gasteiger partial charge in [0.15, 0.2) is 0 Å². The molecule has 0 aliphatic heterocycles. The summed E-state index contributed by atoms with van der Waals surface area (Å²) in [4.78, 5) is 13.5. The van der Waals surface area contributed by atoms with Gasteiger partial charge in [-0.25, -0.2) is 0 Å². The third-order valence-electron chi connectivity index (χ3n) is 2.35. The van der Waals surface area contributed by atoms with Crippen molar-refractivity contribution >= 4 is 17.5 Å². The monoisotopic (exact) mass is 240 g/mol. The third kappa shape index (κ3) is 3.83. The molecule has 1 aromatic carbocycles. The molecule has 0 heterocycles. The van der Waals surface area contributed by atoms with E-state index < -0.39 is 0 Å². The first-order chi connectivity index (χ1) is 7.67. The summed E-state index contributed by atoms with van der Waals surface area (Å²) >= 11 is 5.80. The van der Waals surface area contributed by atoms with Gasteiger partial charge in [0.1, 0.15) is 0 Å². The molecular formula is C12H17ClN2O. The minimum Gasteiger partial charge on any atom is -0.338 e. The van der Waals surface area contributed by atoms with E-state index in [0.717, 1.165) is 5.56 Å². The van der Waals surface area contributed by atoms with Crippen LogP contribution in [0.1, 0.15) is 12.5 Å². The summed E-state index contributed by atoms with van der Waals surface area (Å²) in [5.41, 5.74) is 1.09. The fourth-order valence-corrected chi connectivity index (χ4v) is 1.58. The molecule has 16 heavy (non-hydrogen) atoms. The number of likely N-dealkylation sites (N-methyl/N-ethyl adjacent to an activating group) is 2. The maximum atomic E-state index is 11.7. The van der Waals surface area contributed by atoms with Gasteiger partial charge in [-0.2, -0.15) is 0 Å². The zero-order valence-corrected chi connectivity index (χ0v) is 10.4. The van der Waals surface area contributed by atoms with E-state index in [4.69, 9.17) is 11.6 Å². The molecule has 0 bridgehead atoms. The average Bonchev–Trinajstić information content (AvgIpc) is 2.28. The highest BCUT2D eigenvalue weighted by atomic mass is 35.5. The smallest absolute Gasteiger partial charge is 0.236 e. The third-order valence-corrected chi connectivity index (χ3v) is 2.60. The molecule has 0 aliphatic rings. The molecule has 0 saturated heterocycles. The first-order valence-corrected chi connectivity index (χ1v) is 5.72. The van der Waals surface area contributed by atoms with Crippen molar-refractivity contribution in [2.24, 2.45) is 0 Å². The highest BCUT2D eigenvalue weighted by Gasteiger charge is 2.10. The normalized spacial score (nSPS) is 10.2. The molecule has 0 fully saturated rings. The van der Waals surface area contributed by atoms with Gasteiger partial charge in [0.05, 0.1) is 6.54 Å². The van der Waals surface area contributed by atoms with Crippen LogP contribution in [0.3, 0.4) is 0 Å². The minimum atomic E-state index is 0.111. The molecule has 88 valence electrons. The summed E-state index contributed by atoms with van der Waals surface area (Å²) in [5.74, 6) is 0.111. The van der Waals surface area contributed by atoms with Crippen LogP contribution in [0, 0.1) is 0 Å². The maximum Gasteiger partial charge on any atom is 0.236 e. The molecule has 3 nitrogen and oxygen atoms in total. The van der Waals surface area contributed by atoms with Crippen LogP contribution in [0.25, 0.3) is 0 Å². The van der Waals surface area contributed by atoms with Crippen molar-refractivity contribution in [3.8, 4) is 0 Å². The van der Waals surface area contributed by atoms with E-state index >= 15 is 0 Å². The van der Waals surface area contributed by atoms with Crippen LogP contribution in [-0.2, 0) is 11.3 Å². The fourth-order valence-electron chi connectivity index (χ4n) is 1.45. The molecule has 0 atom stereocenters. The number of nitrogens with one attached hydrogen (secondary N) is 1. The Kier molecular flexibility index (Phi) is 5.29. The van der Waals surface area contributed by atoms with Crippen LogP contribution < -0.4 is 5.32 Å². The second-order valence-electron chi connectivity index (χ2n) is 3.56. The second kappa shape index (κ2) is 6.51. The zero-order chi connectivity index (χ0) is 12.0. The molecule has 0 radical (unpaired) electrons. The molecule has 0 aromatic heterocycles. The molecule has 0 spiro atoms. The molecule has 4 heteroatoms. The topological polar surface area (TPSA) is 32.3 Å². The van der Waals surface area contributed by atoms with E-state index in [0.29, 0.717) is 24.7 Å². The van der Waals surface area contributed by atoms with Crippen molar-refractivity contribution in [1.29, 1.82) is 0 Å². The molecule has 1 amide bonds. The van der Waals surface area contributed by atoms with Crippen LogP contribution in [0.2, 0.25) is 5.02 Å². The Morgan fingerprint density at radius 3 is 2.50 bits per heavy atom. The lowest BCUT2D eigenvalue weighted by Crippen LogP contribution is -2.36. The number of nitrogens with zero attached hydrogens (tertiary/aromatic N) is 1. The molecule has 1 rings (SSSR count). The first-order valence-electron chi connectivity index (χ1n) is 5.34. The number of amides is 1. The summed E-state index contributed by atoms with van der Waals surface area (Å²) in [6.45, 7) is 3.70. The predicted octanol–water partition coefficient (Wildman–Crippen LogP) is 1.91. The Balaban J connectivity index is 2.62. The van der Waals surface area contributed by atoms with Gasteiger partial charge in [0.25, 0.3) is 0 Å². The van der Waals surface area contributed by atoms with Crippen LogP contribution in [0.4, 0.5) is 0 Å². The average molecular weight is 241 g/mol. The summed E-state index contributed by atoms with van der Waals surface area (Å²) in [5, 5.41) is 3.58. The van der Waals surface area contributed by atoms with Crippen molar-refractivity contribution in [3.05, 3.63) is 34.9 Å². The van der Waals surface area contributed by atoms with Gasteiger partial charge in [0, 0.05) is 18.1 Å². The first kappa shape index (κ1) is 13.0. The van der Waals surface area contributed by atoms with Gasteiger partial charge in [-0.15, -0.1) is 0 Å². The zero-order valence-electron chi connectivity index (χ0n) is 9.66. The Labute approximate surface area is 101 Å². The summed E-state index contributed by atoms with van der Waals surface area (Å²) in [7, 11) is 1.77. The van der Waals surface area contributed by atoms with Gasteiger partial charge in [-0.05, 0) is 31.7 Å². The van der Waals surface area contributed by atoms with Crippen LogP contribution >= 0.6 is 11.6 Å². The minimum absolute atomic E-state index is 0.111. The highest BCUT2D eigenvalue weighted by molar-refractivity contribution is 6.30. The summed E-state index contributed by atoms with van der Waals surface area (Å²) in [6, 6.07) is 7.57. The SMILES string of the molecule is CCN(Cc1ccc(Cl)cc1)C(=O)CNC. The van der Waals surface area contributed by atoms with E-state index in [1.807, 2.05) is 31.2 Å². The Bertz CT molecular complexity index is 337. The summed E-state index contributed by atoms with van der Waals surface area (Å²) in [6.07, 6.45) is 0. The molecular weight excluding hydrogens is 224 g/mol. The molecule has 1 N–H and O–H groups in total. The fraction of sp³-hybridized carbons (Fsp3) is 0.417. The second-order valence-corrected chi connectivity index (χ2v) is 4.00. The molecule has 0 aliphatic carbocycles. The lowest BCUT2D eigenvalue weighted by atomic mass is 10.2. The van der Waals surface area contributed by atoms with E-state index in [9.17, 15) is 4.79 Å². The van der Waals surface area contributed by atoms with E-state index in [1.165, 1.54) is 0 Å². The Morgan fingerprint density at radius 1 is 1.38 bits per heavy atom. The standard InChI is InChI=1S/C12H17ClN2O/c1-3-15(12(16)8-14-2)9-10-4-6-11(13)7-5-10/h4-7,14H,3,8-9H2,1-2H3. The number of hydrogen-bond acceptors (Lipinski definition) is 2. The molecule has 0 saturated carbocycles. The predicted molar refractivity (Wildman–Crippen MR) is 66.5 cm³/mol. The van der Waals surface area contributed by atoms with Gasteiger partial charge in [0.2, 0.25) is 5.91 Å². The quantitative estimate of drug-likeness (QED) is 0.853. The van der Waals surface area contributed by atoms with Gasteiger partial charge >= 0.3 is 0 Å². The highest BCUT2D eigenvalue weighted by Crippen LogP contribution is 2.11. The number of hydrogen-bond donors (Lipinski definition) is 1. The Hall–Kier alpha value is -1.06. The van der Waals surface area contributed by atoms with Crippen molar-refractivity contribution in [1.82, 2.24) is 10.2 Å². The lowest BCUT2D eigenvalue weighted by Gasteiger charge is -2.20. The summed E-state index contributed by atoms with van der Waals surface area (Å²) < 4.78 is 0. The number of rotatable bonds is 5. The number of carbonyl (C=O) groups is 1. The van der Waals surface area contributed by atoms with E-state index in [1.54, 1.807) is 11.9 Å². The molecule has 0 unspecified atom stereocenters. The van der Waals surface area contributed by atoms with E-state index in [-0.39, 0.29) is 5.91 Å². The van der Waals surface area contributed by atoms with E-state index in [2.05, 4.69) is 5.32 Å². The number of halogens is 1. The van der Waals surface area contributed by atoms with Crippen molar-refractivity contribution < 1.29 is 4.79 Å².